The van der Waals surface area contributed by atoms with Crippen LogP contribution >= 0.6 is 0 Å². The normalized spacial score (nSPS) is 13.4. The van der Waals surface area contributed by atoms with Crippen molar-refractivity contribution in [2.24, 2.45) is 0 Å². The molecule has 0 radical (unpaired) electrons. The van der Waals surface area contributed by atoms with Crippen LogP contribution in [-0.4, -0.2) is 32.6 Å². The van der Waals surface area contributed by atoms with E-state index < -0.39 is 11.7 Å². The van der Waals surface area contributed by atoms with Crippen molar-refractivity contribution in [2.75, 3.05) is 7.05 Å². The second kappa shape index (κ2) is 7.35. The Morgan fingerprint density at radius 1 is 1.10 bits per heavy atom. The highest BCUT2D eigenvalue weighted by molar-refractivity contribution is 6.00. The Morgan fingerprint density at radius 2 is 1.83 bits per heavy atom. The Kier molecular flexibility index (Phi) is 4.86. The molecule has 4 rings (SSSR count). The van der Waals surface area contributed by atoms with Gasteiger partial charge >= 0.3 is 6.18 Å². The van der Waals surface area contributed by atoms with Crippen molar-refractivity contribution in [1.82, 2.24) is 19.7 Å². The van der Waals surface area contributed by atoms with Gasteiger partial charge in [0.1, 0.15) is 5.82 Å². The van der Waals surface area contributed by atoms with Crippen molar-refractivity contribution in [3.63, 3.8) is 0 Å². The van der Waals surface area contributed by atoms with Gasteiger partial charge in [0.2, 0.25) is 0 Å². The summed E-state index contributed by atoms with van der Waals surface area (Å²) >= 11 is 0. The summed E-state index contributed by atoms with van der Waals surface area (Å²) in [6.45, 7) is 1.16. The number of carbonyl (C=O) groups is 1. The number of rotatable bonds is 4. The summed E-state index contributed by atoms with van der Waals surface area (Å²) in [5.41, 5.74) is 0.849. The van der Waals surface area contributed by atoms with Crippen molar-refractivity contribution < 1.29 is 18.0 Å². The Hall–Kier alpha value is -3.16. The van der Waals surface area contributed by atoms with Gasteiger partial charge in [0.15, 0.2) is 5.82 Å². The molecule has 0 saturated heterocycles. The summed E-state index contributed by atoms with van der Waals surface area (Å²) < 4.78 is 40.5. The molecule has 0 saturated carbocycles. The monoisotopic (exact) mass is 400 g/mol. The third-order valence-electron chi connectivity index (χ3n) is 5.09. The Balaban J connectivity index is 1.59. The summed E-state index contributed by atoms with van der Waals surface area (Å²) in [5.74, 6) is 1.45. The molecule has 1 aliphatic heterocycles. The molecule has 0 fully saturated rings. The number of aryl methyl sites for hydroxylation is 1. The van der Waals surface area contributed by atoms with E-state index in [1.165, 1.54) is 12.1 Å². The molecule has 1 aliphatic rings. The molecule has 8 heteroatoms. The molecule has 150 valence electrons. The molecule has 0 unspecified atom stereocenters. The number of hydrogen-bond donors (Lipinski definition) is 0. The molecule has 1 amide bonds. The van der Waals surface area contributed by atoms with Gasteiger partial charge in [-0.25, -0.2) is 0 Å². The molecule has 0 aliphatic carbocycles. The van der Waals surface area contributed by atoms with Crippen LogP contribution in [-0.2, 0) is 25.7 Å². The van der Waals surface area contributed by atoms with Crippen molar-refractivity contribution >= 4 is 5.91 Å². The van der Waals surface area contributed by atoms with E-state index in [1.54, 1.807) is 36.2 Å². The van der Waals surface area contributed by atoms with Gasteiger partial charge in [0.25, 0.3) is 5.91 Å². The molecule has 2 heterocycles. The van der Waals surface area contributed by atoms with Crippen LogP contribution in [0.2, 0.25) is 0 Å². The number of fused-ring (bicyclic) bond motifs is 1. The topological polar surface area (TPSA) is 51.0 Å². The Bertz CT molecular complexity index is 1040. The highest BCUT2D eigenvalue weighted by atomic mass is 19.4. The molecular formula is C21H19F3N4O. The molecular weight excluding hydrogens is 381 g/mol. The predicted molar refractivity (Wildman–Crippen MR) is 101 cm³/mol. The highest BCUT2D eigenvalue weighted by Gasteiger charge is 2.30. The fourth-order valence-corrected chi connectivity index (χ4v) is 3.58. The Labute approximate surface area is 165 Å². The second-order valence-electron chi connectivity index (χ2n) is 7.07. The fraction of sp³-hybridized carbons (Fsp3) is 0.286. The van der Waals surface area contributed by atoms with Crippen LogP contribution in [0.5, 0.6) is 0 Å². The van der Waals surface area contributed by atoms with Crippen molar-refractivity contribution in [1.29, 1.82) is 0 Å². The number of hydrogen-bond acceptors (Lipinski definition) is 3. The van der Waals surface area contributed by atoms with E-state index in [2.05, 4.69) is 10.2 Å². The van der Waals surface area contributed by atoms with Gasteiger partial charge in [-0.3, -0.25) is 4.79 Å². The predicted octanol–water partition coefficient (Wildman–Crippen LogP) is 4.18. The summed E-state index contributed by atoms with van der Waals surface area (Å²) in [5, 5.41) is 8.34. The van der Waals surface area contributed by atoms with Crippen LogP contribution < -0.4 is 0 Å². The van der Waals surface area contributed by atoms with Gasteiger partial charge in [0.05, 0.1) is 12.1 Å². The van der Waals surface area contributed by atoms with Gasteiger partial charge in [-0.05, 0) is 35.7 Å². The number of nitrogens with zero attached hydrogens (tertiary/aromatic N) is 4. The van der Waals surface area contributed by atoms with Crippen LogP contribution in [0.1, 0.15) is 34.0 Å². The fourth-order valence-electron chi connectivity index (χ4n) is 3.58. The minimum absolute atomic E-state index is 0.226. The highest BCUT2D eigenvalue weighted by Crippen LogP contribution is 2.32. The van der Waals surface area contributed by atoms with Crippen LogP contribution in [0.4, 0.5) is 13.2 Å². The van der Waals surface area contributed by atoms with Gasteiger partial charge in [-0.2, -0.15) is 13.2 Å². The quantitative estimate of drug-likeness (QED) is 0.660. The lowest BCUT2D eigenvalue weighted by molar-refractivity contribution is -0.137. The Morgan fingerprint density at radius 3 is 2.55 bits per heavy atom. The third-order valence-corrected chi connectivity index (χ3v) is 5.09. The molecule has 3 aromatic rings. The second-order valence-corrected chi connectivity index (χ2v) is 7.07. The van der Waals surface area contributed by atoms with Crippen molar-refractivity contribution in [3.05, 3.63) is 71.3 Å². The average Bonchev–Trinajstić information content (AvgIpc) is 3.32. The summed E-state index contributed by atoms with van der Waals surface area (Å²) in [7, 11) is 1.68. The summed E-state index contributed by atoms with van der Waals surface area (Å²) in [6, 6.07) is 11.7. The minimum Gasteiger partial charge on any atom is -0.334 e. The first-order valence-electron chi connectivity index (χ1n) is 9.27. The smallest absolute Gasteiger partial charge is 0.334 e. The lowest BCUT2D eigenvalue weighted by Gasteiger charge is -2.19. The van der Waals surface area contributed by atoms with Crippen molar-refractivity contribution in [2.45, 2.75) is 32.1 Å². The zero-order chi connectivity index (χ0) is 20.6. The van der Waals surface area contributed by atoms with Crippen LogP contribution in [0.25, 0.3) is 11.1 Å². The van der Waals surface area contributed by atoms with Gasteiger partial charge in [-0.15, -0.1) is 10.2 Å². The third kappa shape index (κ3) is 3.74. The zero-order valence-corrected chi connectivity index (χ0v) is 15.8. The van der Waals surface area contributed by atoms with E-state index in [0.29, 0.717) is 23.2 Å². The van der Waals surface area contributed by atoms with E-state index in [4.69, 9.17) is 0 Å². The largest absolute Gasteiger partial charge is 0.416 e. The molecule has 0 atom stereocenters. The molecule has 0 spiro atoms. The SMILES string of the molecule is CN(Cc1nnc2n1CCC2)C(=O)c1ccccc1-c1ccc(C(F)(F)F)cc1. The summed E-state index contributed by atoms with van der Waals surface area (Å²) in [4.78, 5) is 14.6. The maximum absolute atomic E-state index is 13.1. The summed E-state index contributed by atoms with van der Waals surface area (Å²) in [6.07, 6.45) is -2.49. The first-order chi connectivity index (χ1) is 13.8. The van der Waals surface area contributed by atoms with Crippen LogP contribution in [0, 0.1) is 0 Å². The number of halogens is 3. The lowest BCUT2D eigenvalue weighted by atomic mass is 9.98. The number of benzene rings is 2. The van der Waals surface area contributed by atoms with E-state index in [1.807, 2.05) is 4.57 Å². The molecule has 5 nitrogen and oxygen atoms in total. The van der Waals surface area contributed by atoms with E-state index in [9.17, 15) is 18.0 Å². The zero-order valence-electron chi connectivity index (χ0n) is 15.8. The number of alkyl halides is 3. The number of carbonyl (C=O) groups excluding carboxylic acids is 1. The molecule has 29 heavy (non-hydrogen) atoms. The van der Waals surface area contributed by atoms with Crippen LogP contribution in [0.15, 0.2) is 48.5 Å². The van der Waals surface area contributed by atoms with E-state index in [-0.39, 0.29) is 5.91 Å². The molecule has 2 aromatic carbocycles. The van der Waals surface area contributed by atoms with Gasteiger partial charge in [0, 0.05) is 25.6 Å². The van der Waals surface area contributed by atoms with Crippen molar-refractivity contribution in [3.8, 4) is 11.1 Å². The molecule has 1 aromatic heterocycles. The maximum Gasteiger partial charge on any atom is 0.416 e. The van der Waals surface area contributed by atoms with Gasteiger partial charge < -0.3 is 9.47 Å². The van der Waals surface area contributed by atoms with E-state index >= 15 is 0 Å². The lowest BCUT2D eigenvalue weighted by Crippen LogP contribution is -2.28. The average molecular weight is 400 g/mol. The number of amides is 1. The standard InChI is InChI=1S/C21H19F3N4O/c1-27(13-19-26-25-18-7-4-12-28(18)19)20(29)17-6-3-2-5-16(17)14-8-10-15(11-9-14)21(22,23)24/h2-3,5-6,8-11H,4,7,12-13H2,1H3. The maximum atomic E-state index is 13.1. The number of aromatic nitrogens is 3. The molecule has 0 N–H and O–H groups in total. The minimum atomic E-state index is -4.40. The first kappa shape index (κ1) is 19.2. The van der Waals surface area contributed by atoms with Gasteiger partial charge in [-0.1, -0.05) is 30.3 Å². The first-order valence-corrected chi connectivity index (χ1v) is 9.27. The molecule has 0 bridgehead atoms. The van der Waals surface area contributed by atoms with Crippen LogP contribution in [0.3, 0.4) is 0 Å². The van der Waals surface area contributed by atoms with E-state index in [0.717, 1.165) is 43.2 Å².